The van der Waals surface area contributed by atoms with Gasteiger partial charge in [0.05, 0.1) is 5.56 Å². The molecule has 0 aromatic carbocycles. The summed E-state index contributed by atoms with van der Waals surface area (Å²) in [7, 11) is 0. The average molecular weight is 183 g/mol. The average Bonchev–Trinajstić information content (AvgIpc) is 2.16. The highest BCUT2D eigenvalue weighted by molar-refractivity contribution is 5.77. The summed E-state index contributed by atoms with van der Waals surface area (Å²) in [6.45, 7) is 7.48. The van der Waals surface area contributed by atoms with E-state index < -0.39 is 5.95 Å². The van der Waals surface area contributed by atoms with Gasteiger partial charge in [0.15, 0.2) is 6.29 Å². The van der Waals surface area contributed by atoms with Crippen LogP contribution in [0.15, 0.2) is 6.20 Å². The van der Waals surface area contributed by atoms with Gasteiger partial charge in [-0.15, -0.1) is 0 Å². The Morgan fingerprint density at radius 2 is 1.92 bits per heavy atom. The second-order valence-corrected chi connectivity index (χ2v) is 2.39. The van der Waals surface area contributed by atoms with Gasteiger partial charge < -0.3 is 0 Å². The maximum Gasteiger partial charge on any atom is 0.223 e. The lowest BCUT2D eigenvalue weighted by atomic mass is 10.1. The van der Waals surface area contributed by atoms with Gasteiger partial charge in [-0.3, -0.25) is 4.79 Å². The second-order valence-electron chi connectivity index (χ2n) is 2.39. The van der Waals surface area contributed by atoms with E-state index in [1.807, 2.05) is 13.8 Å². The molecule has 0 saturated carbocycles. The number of hydrogen-bond donors (Lipinski definition) is 0. The molecule has 0 aliphatic carbocycles. The third-order valence-electron chi connectivity index (χ3n) is 1.71. The van der Waals surface area contributed by atoms with Crippen LogP contribution in [0, 0.1) is 19.8 Å². The summed E-state index contributed by atoms with van der Waals surface area (Å²) in [5.74, 6) is -0.692. The smallest absolute Gasteiger partial charge is 0.223 e. The van der Waals surface area contributed by atoms with Crippen molar-refractivity contribution in [2.24, 2.45) is 0 Å². The van der Waals surface area contributed by atoms with Gasteiger partial charge in [-0.1, -0.05) is 13.8 Å². The number of aldehydes is 1. The zero-order valence-electron chi connectivity index (χ0n) is 8.39. The zero-order chi connectivity index (χ0) is 10.4. The summed E-state index contributed by atoms with van der Waals surface area (Å²) >= 11 is 0. The third-order valence-corrected chi connectivity index (χ3v) is 1.71. The molecule has 2 nitrogen and oxygen atoms in total. The van der Waals surface area contributed by atoms with Crippen molar-refractivity contribution in [3.63, 3.8) is 0 Å². The van der Waals surface area contributed by atoms with Gasteiger partial charge in [0.2, 0.25) is 5.95 Å². The molecule has 3 heteroatoms. The number of aryl methyl sites for hydroxylation is 1. The Kier molecular flexibility index (Phi) is 4.89. The Labute approximate surface area is 77.8 Å². The van der Waals surface area contributed by atoms with E-state index in [1.165, 1.54) is 6.20 Å². The molecule has 0 N–H and O–H groups in total. The summed E-state index contributed by atoms with van der Waals surface area (Å²) in [6, 6.07) is 0. The van der Waals surface area contributed by atoms with Crippen LogP contribution in [0.5, 0.6) is 0 Å². The van der Waals surface area contributed by atoms with Crippen molar-refractivity contribution in [1.82, 2.24) is 4.98 Å². The minimum Gasteiger partial charge on any atom is -0.298 e. The summed E-state index contributed by atoms with van der Waals surface area (Å²) in [4.78, 5) is 13.7. The molecule has 0 aliphatic rings. The van der Waals surface area contributed by atoms with Gasteiger partial charge in [0.25, 0.3) is 0 Å². The molecule has 0 bridgehead atoms. The Bertz CT molecular complexity index is 297. The first kappa shape index (κ1) is 11.8. The van der Waals surface area contributed by atoms with Crippen molar-refractivity contribution in [3.8, 4) is 0 Å². The summed E-state index contributed by atoms with van der Waals surface area (Å²) in [6.07, 6.45) is 1.91. The van der Waals surface area contributed by atoms with Crippen molar-refractivity contribution in [3.05, 3.63) is 28.8 Å². The van der Waals surface area contributed by atoms with Crippen LogP contribution in [0.2, 0.25) is 0 Å². The maximum absolute atomic E-state index is 12.7. The molecule has 0 saturated heterocycles. The van der Waals surface area contributed by atoms with Crippen LogP contribution in [-0.4, -0.2) is 11.3 Å². The number of hydrogen-bond acceptors (Lipinski definition) is 2. The zero-order valence-corrected chi connectivity index (χ0v) is 8.39. The molecule has 72 valence electrons. The van der Waals surface area contributed by atoms with E-state index in [0.717, 1.165) is 5.56 Å². The largest absolute Gasteiger partial charge is 0.298 e. The van der Waals surface area contributed by atoms with Crippen molar-refractivity contribution in [1.29, 1.82) is 0 Å². The van der Waals surface area contributed by atoms with Gasteiger partial charge in [0.1, 0.15) is 0 Å². The van der Waals surface area contributed by atoms with E-state index in [2.05, 4.69) is 4.98 Å². The van der Waals surface area contributed by atoms with Crippen molar-refractivity contribution < 1.29 is 9.18 Å². The minimum absolute atomic E-state index is 0.0602. The van der Waals surface area contributed by atoms with Crippen molar-refractivity contribution in [2.75, 3.05) is 0 Å². The number of halogens is 1. The molecule has 13 heavy (non-hydrogen) atoms. The molecule has 0 amide bonds. The van der Waals surface area contributed by atoms with Crippen LogP contribution in [0.1, 0.15) is 35.3 Å². The molecular formula is C10H14FNO. The molecule has 1 aromatic rings. The van der Waals surface area contributed by atoms with E-state index in [0.29, 0.717) is 11.8 Å². The molecule has 1 aromatic heterocycles. The molecule has 1 rings (SSSR count). The summed E-state index contributed by atoms with van der Waals surface area (Å²) in [5, 5.41) is 0. The lowest BCUT2D eigenvalue weighted by Crippen LogP contribution is -1.97. The van der Waals surface area contributed by atoms with Gasteiger partial charge >= 0.3 is 0 Å². The number of aromatic nitrogens is 1. The quantitative estimate of drug-likeness (QED) is 0.495. The Balaban J connectivity index is 0.000000671. The Hall–Kier alpha value is -1.25. The predicted octanol–water partition coefficient (Wildman–Crippen LogP) is 2.68. The van der Waals surface area contributed by atoms with E-state index in [1.54, 1.807) is 13.8 Å². The topological polar surface area (TPSA) is 30.0 Å². The fraction of sp³-hybridized carbons (Fsp3) is 0.400. The lowest BCUT2D eigenvalue weighted by molar-refractivity contribution is 0.111. The fourth-order valence-corrected chi connectivity index (χ4v) is 0.824. The first-order valence-electron chi connectivity index (χ1n) is 4.23. The van der Waals surface area contributed by atoms with E-state index in [9.17, 15) is 9.18 Å². The van der Waals surface area contributed by atoms with E-state index in [-0.39, 0.29) is 5.56 Å². The Morgan fingerprint density at radius 1 is 1.38 bits per heavy atom. The van der Waals surface area contributed by atoms with Crippen LogP contribution in [0.25, 0.3) is 0 Å². The highest BCUT2D eigenvalue weighted by Crippen LogP contribution is 2.11. The second kappa shape index (κ2) is 5.41. The van der Waals surface area contributed by atoms with Crippen LogP contribution < -0.4 is 0 Å². The molecule has 0 atom stereocenters. The number of rotatable bonds is 1. The van der Waals surface area contributed by atoms with Gasteiger partial charge in [-0.2, -0.15) is 4.39 Å². The number of carbonyl (C=O) groups is 1. The molecular weight excluding hydrogens is 169 g/mol. The van der Waals surface area contributed by atoms with Gasteiger partial charge in [-0.05, 0) is 25.0 Å². The fourth-order valence-electron chi connectivity index (χ4n) is 0.824. The highest BCUT2D eigenvalue weighted by atomic mass is 19.1. The molecule has 0 aliphatic heterocycles. The lowest BCUT2D eigenvalue weighted by Gasteiger charge is -2.01. The van der Waals surface area contributed by atoms with E-state index >= 15 is 0 Å². The molecule has 0 radical (unpaired) electrons. The van der Waals surface area contributed by atoms with E-state index in [4.69, 9.17) is 0 Å². The van der Waals surface area contributed by atoms with Crippen LogP contribution in [0.3, 0.4) is 0 Å². The van der Waals surface area contributed by atoms with Crippen LogP contribution >= 0.6 is 0 Å². The first-order chi connectivity index (χ1) is 6.16. The monoisotopic (exact) mass is 183 g/mol. The summed E-state index contributed by atoms with van der Waals surface area (Å²) in [5.41, 5.74) is 1.55. The Morgan fingerprint density at radius 3 is 2.31 bits per heavy atom. The summed E-state index contributed by atoms with van der Waals surface area (Å²) < 4.78 is 12.7. The highest BCUT2D eigenvalue weighted by Gasteiger charge is 2.06. The van der Waals surface area contributed by atoms with Crippen molar-refractivity contribution >= 4 is 6.29 Å². The normalized spacial score (nSPS) is 8.69. The van der Waals surface area contributed by atoms with Gasteiger partial charge in [0, 0.05) is 6.20 Å². The van der Waals surface area contributed by atoms with Crippen LogP contribution in [0.4, 0.5) is 4.39 Å². The maximum atomic E-state index is 12.7. The first-order valence-corrected chi connectivity index (χ1v) is 4.23. The van der Waals surface area contributed by atoms with Crippen molar-refractivity contribution in [2.45, 2.75) is 27.7 Å². The number of pyridine rings is 1. The number of carbonyl (C=O) groups excluding carboxylic acids is 1. The minimum atomic E-state index is -0.692. The third kappa shape index (κ3) is 2.61. The predicted molar refractivity (Wildman–Crippen MR) is 50.4 cm³/mol. The standard InChI is InChI=1S/C8H8FNO.C2H6/c1-5-3-10-8(9)7(4-11)6(5)2;1-2/h3-4H,1-2H3;1-2H3. The molecule has 1 heterocycles. The molecule has 0 spiro atoms. The SMILES string of the molecule is CC.Cc1cnc(F)c(C=O)c1C. The molecule has 0 unspecified atom stereocenters. The van der Waals surface area contributed by atoms with Crippen LogP contribution in [-0.2, 0) is 0 Å². The number of nitrogens with zero attached hydrogens (tertiary/aromatic N) is 1. The molecule has 0 fully saturated rings. The van der Waals surface area contributed by atoms with Gasteiger partial charge in [-0.25, -0.2) is 4.98 Å².